The van der Waals surface area contributed by atoms with Crippen LogP contribution in [-0.4, -0.2) is 35.4 Å². The highest BCUT2D eigenvalue weighted by atomic mass is 16.6. The lowest BCUT2D eigenvalue weighted by molar-refractivity contribution is -0.384. The number of carbonyl (C=O) groups excluding carboxylic acids is 4. The smallest absolute Gasteiger partial charge is 0.316 e. The van der Waals surface area contributed by atoms with Crippen molar-refractivity contribution in [3.8, 4) is 0 Å². The van der Waals surface area contributed by atoms with E-state index in [1.807, 2.05) is 0 Å². The van der Waals surface area contributed by atoms with Crippen LogP contribution in [0.4, 0.5) is 5.69 Å². The maximum absolute atomic E-state index is 12.7. The average Bonchev–Trinajstić information content (AvgIpc) is 2.53. The number of methoxy groups -OCH3 is 1. The predicted molar refractivity (Wildman–Crippen MR) is 84.8 cm³/mol. The fraction of sp³-hybridized carbons (Fsp3) is 0.412. The average molecular weight is 347 g/mol. The lowest BCUT2D eigenvalue weighted by atomic mass is 9.63. The molecule has 0 aliphatic heterocycles. The minimum Gasteiger partial charge on any atom is -0.468 e. The summed E-state index contributed by atoms with van der Waals surface area (Å²) in [5.41, 5.74) is -1.17. The van der Waals surface area contributed by atoms with Crippen molar-refractivity contribution >= 4 is 29.0 Å². The largest absolute Gasteiger partial charge is 0.468 e. The number of nitrogens with zero attached hydrogens (tertiary/aromatic N) is 1. The molecule has 2 rings (SSSR count). The second kappa shape index (κ2) is 6.54. The Morgan fingerprint density at radius 1 is 1.20 bits per heavy atom. The third-order valence-electron chi connectivity index (χ3n) is 4.36. The minimum absolute atomic E-state index is 0.000576. The van der Waals surface area contributed by atoms with Crippen LogP contribution in [0.15, 0.2) is 24.3 Å². The van der Waals surface area contributed by atoms with Gasteiger partial charge in [-0.25, -0.2) is 0 Å². The molecule has 1 fully saturated rings. The number of nitro benzene ring substituents is 1. The number of rotatable bonds is 4. The standard InChI is InChI=1S/C17H17NO7/c1-17(2)8-11(19)12(15(21)13(17)16(22)25-3)14(20)9-4-6-10(7-5-9)18(23)24/h4-7,12-13H,8H2,1-3H3/t12-,13-/m0/s1. The first-order chi connectivity index (χ1) is 11.6. The highest BCUT2D eigenvalue weighted by Gasteiger charge is 2.54. The lowest BCUT2D eigenvalue weighted by Gasteiger charge is -2.37. The summed E-state index contributed by atoms with van der Waals surface area (Å²) in [6, 6.07) is 4.61. The molecule has 2 atom stereocenters. The third kappa shape index (κ3) is 3.33. The monoisotopic (exact) mass is 347 g/mol. The first-order valence-electron chi connectivity index (χ1n) is 7.53. The van der Waals surface area contributed by atoms with E-state index in [-0.39, 0.29) is 17.7 Å². The second-order valence-corrected chi connectivity index (χ2v) is 6.59. The van der Waals surface area contributed by atoms with Gasteiger partial charge >= 0.3 is 5.97 Å². The maximum atomic E-state index is 12.7. The quantitative estimate of drug-likeness (QED) is 0.267. The minimum atomic E-state index is -1.60. The van der Waals surface area contributed by atoms with E-state index in [0.29, 0.717) is 0 Å². The Bertz CT molecular complexity index is 764. The van der Waals surface area contributed by atoms with Crippen molar-refractivity contribution in [2.45, 2.75) is 20.3 Å². The van der Waals surface area contributed by atoms with Crippen LogP contribution in [0.25, 0.3) is 0 Å². The summed E-state index contributed by atoms with van der Waals surface area (Å²) in [6.45, 7) is 3.19. The van der Waals surface area contributed by atoms with Crippen molar-refractivity contribution < 1.29 is 28.8 Å². The number of hydrogen-bond donors (Lipinski definition) is 0. The molecule has 1 aliphatic carbocycles. The molecule has 0 bridgehead atoms. The molecule has 25 heavy (non-hydrogen) atoms. The molecule has 132 valence electrons. The van der Waals surface area contributed by atoms with Gasteiger partial charge in [-0.1, -0.05) is 13.8 Å². The molecule has 1 aliphatic rings. The van der Waals surface area contributed by atoms with Crippen LogP contribution in [0, 0.1) is 27.4 Å². The molecule has 0 saturated heterocycles. The van der Waals surface area contributed by atoms with Crippen LogP contribution in [0.5, 0.6) is 0 Å². The normalized spacial score (nSPS) is 22.4. The summed E-state index contributed by atoms with van der Waals surface area (Å²) in [7, 11) is 1.13. The van der Waals surface area contributed by atoms with Crippen molar-refractivity contribution in [2.75, 3.05) is 7.11 Å². The maximum Gasteiger partial charge on any atom is 0.316 e. The van der Waals surface area contributed by atoms with Crippen LogP contribution < -0.4 is 0 Å². The van der Waals surface area contributed by atoms with E-state index in [1.165, 1.54) is 12.1 Å². The summed E-state index contributed by atoms with van der Waals surface area (Å²) in [5.74, 6) is -5.74. The van der Waals surface area contributed by atoms with Crippen molar-refractivity contribution in [3.05, 3.63) is 39.9 Å². The molecule has 0 spiro atoms. The lowest BCUT2D eigenvalue weighted by Crippen LogP contribution is -2.52. The first-order valence-corrected chi connectivity index (χ1v) is 7.53. The van der Waals surface area contributed by atoms with Crippen molar-refractivity contribution in [3.63, 3.8) is 0 Å². The molecule has 0 aromatic heterocycles. The highest BCUT2D eigenvalue weighted by Crippen LogP contribution is 2.40. The first kappa shape index (κ1) is 18.4. The van der Waals surface area contributed by atoms with Crippen LogP contribution >= 0.6 is 0 Å². The van der Waals surface area contributed by atoms with Gasteiger partial charge < -0.3 is 4.74 Å². The third-order valence-corrected chi connectivity index (χ3v) is 4.36. The van der Waals surface area contributed by atoms with Crippen LogP contribution in [0.2, 0.25) is 0 Å². The number of nitro groups is 1. The van der Waals surface area contributed by atoms with E-state index in [4.69, 9.17) is 0 Å². The van der Waals surface area contributed by atoms with E-state index in [2.05, 4.69) is 4.74 Å². The van der Waals surface area contributed by atoms with E-state index < -0.39 is 45.5 Å². The Labute approximate surface area is 143 Å². The fourth-order valence-corrected chi connectivity index (χ4v) is 3.11. The second-order valence-electron chi connectivity index (χ2n) is 6.59. The van der Waals surface area contributed by atoms with Gasteiger partial charge in [0.15, 0.2) is 17.3 Å². The summed E-state index contributed by atoms with van der Waals surface area (Å²) in [6.07, 6.45) is -0.123. The van der Waals surface area contributed by atoms with Crippen LogP contribution in [0.1, 0.15) is 30.6 Å². The van der Waals surface area contributed by atoms with Gasteiger partial charge in [0.1, 0.15) is 11.8 Å². The molecule has 0 amide bonds. The zero-order valence-corrected chi connectivity index (χ0v) is 14.0. The van der Waals surface area contributed by atoms with Crippen molar-refractivity contribution in [2.24, 2.45) is 17.3 Å². The SMILES string of the molecule is COC(=O)[C@@H]1C(=O)[C@H](C(=O)c2ccc([N+](=O)[O-])cc2)C(=O)CC1(C)C. The Morgan fingerprint density at radius 2 is 1.76 bits per heavy atom. The summed E-state index contributed by atoms with van der Waals surface area (Å²) < 4.78 is 4.65. The number of esters is 1. The summed E-state index contributed by atoms with van der Waals surface area (Å²) >= 11 is 0. The summed E-state index contributed by atoms with van der Waals surface area (Å²) in [5, 5.41) is 10.7. The number of ether oxygens (including phenoxy) is 1. The number of benzene rings is 1. The molecule has 8 nitrogen and oxygen atoms in total. The molecule has 1 saturated carbocycles. The van der Waals surface area contributed by atoms with Gasteiger partial charge in [0.05, 0.1) is 12.0 Å². The Balaban J connectivity index is 2.38. The molecule has 8 heteroatoms. The molecule has 1 aromatic rings. The summed E-state index contributed by atoms with van der Waals surface area (Å²) in [4.78, 5) is 59.7. The molecule has 1 aromatic carbocycles. The van der Waals surface area contributed by atoms with Crippen LogP contribution in [0.3, 0.4) is 0 Å². The number of ketones is 3. The number of carbonyl (C=O) groups is 4. The Hall–Kier alpha value is -2.90. The van der Waals surface area contributed by atoms with Gasteiger partial charge in [-0.05, 0) is 17.5 Å². The molecule has 0 radical (unpaired) electrons. The highest BCUT2D eigenvalue weighted by molar-refractivity contribution is 6.28. The van der Waals surface area contributed by atoms with E-state index >= 15 is 0 Å². The Morgan fingerprint density at radius 3 is 2.24 bits per heavy atom. The van der Waals surface area contributed by atoms with E-state index in [9.17, 15) is 29.3 Å². The molecular formula is C17H17NO7. The zero-order valence-electron chi connectivity index (χ0n) is 14.0. The Kier molecular flexibility index (Phi) is 4.82. The molecule has 0 N–H and O–H groups in total. The predicted octanol–water partition coefficient (Wildman–Crippen LogP) is 1.75. The van der Waals surface area contributed by atoms with Gasteiger partial charge in [0.25, 0.3) is 5.69 Å². The zero-order chi connectivity index (χ0) is 18.9. The molecule has 0 unspecified atom stereocenters. The number of hydrogen-bond acceptors (Lipinski definition) is 7. The van der Waals surface area contributed by atoms with Gasteiger partial charge in [-0.15, -0.1) is 0 Å². The number of non-ortho nitro benzene ring substituents is 1. The van der Waals surface area contributed by atoms with Crippen molar-refractivity contribution in [1.82, 2.24) is 0 Å². The topological polar surface area (TPSA) is 121 Å². The van der Waals surface area contributed by atoms with Gasteiger partial charge in [0.2, 0.25) is 0 Å². The van der Waals surface area contributed by atoms with Crippen LogP contribution in [-0.2, 0) is 19.1 Å². The van der Waals surface area contributed by atoms with Gasteiger partial charge in [0, 0.05) is 24.1 Å². The van der Waals surface area contributed by atoms with Gasteiger partial charge in [-0.3, -0.25) is 29.3 Å². The number of Topliss-reactive ketones (excluding diaryl/α,β-unsaturated/α-hetero) is 3. The molecule has 0 heterocycles. The van der Waals surface area contributed by atoms with Gasteiger partial charge in [-0.2, -0.15) is 0 Å². The van der Waals surface area contributed by atoms with Crippen molar-refractivity contribution in [1.29, 1.82) is 0 Å². The van der Waals surface area contributed by atoms with E-state index in [1.54, 1.807) is 13.8 Å². The fourth-order valence-electron chi connectivity index (χ4n) is 3.11. The van der Waals surface area contributed by atoms with E-state index in [0.717, 1.165) is 19.2 Å². The molecular weight excluding hydrogens is 330 g/mol.